The number of hydrogen-bond acceptors (Lipinski definition) is 4. The fourth-order valence-corrected chi connectivity index (χ4v) is 2.52. The molecule has 0 saturated carbocycles. The molecule has 0 radical (unpaired) electrons. The van der Waals surface area contributed by atoms with Crippen molar-refractivity contribution in [2.45, 2.75) is 6.92 Å². The minimum Gasteiger partial charge on any atom is -0.505 e. The number of nitrogens with zero attached hydrogens (tertiary/aromatic N) is 1. The van der Waals surface area contributed by atoms with Crippen LogP contribution in [0.2, 0.25) is 0 Å². The number of aromatic nitrogens is 1. The third-order valence-electron chi connectivity index (χ3n) is 3.86. The molecule has 0 atom stereocenters. The zero-order chi connectivity index (χ0) is 17.3. The lowest BCUT2D eigenvalue weighted by Crippen LogP contribution is -1.91. The van der Waals surface area contributed by atoms with Crippen molar-refractivity contribution in [3.05, 3.63) is 60.2 Å². The summed E-state index contributed by atoms with van der Waals surface area (Å²) in [5.74, 6) is -0.633. The molecule has 0 aliphatic heterocycles. The van der Waals surface area contributed by atoms with Crippen molar-refractivity contribution in [2.75, 3.05) is 7.11 Å². The predicted molar refractivity (Wildman–Crippen MR) is 89.7 cm³/mol. The van der Waals surface area contributed by atoms with Crippen molar-refractivity contribution < 1.29 is 19.3 Å². The lowest BCUT2D eigenvalue weighted by atomic mass is 9.99. The smallest absolute Gasteiger partial charge is 0.164 e. The summed E-state index contributed by atoms with van der Waals surface area (Å²) < 4.78 is 18.4. The zero-order valence-electron chi connectivity index (χ0n) is 13.2. The van der Waals surface area contributed by atoms with E-state index in [0.29, 0.717) is 11.3 Å². The van der Waals surface area contributed by atoms with Gasteiger partial charge in [-0.1, -0.05) is 12.1 Å². The molecule has 3 rings (SSSR count). The summed E-state index contributed by atoms with van der Waals surface area (Å²) in [4.78, 5) is 4.38. The second-order valence-electron chi connectivity index (χ2n) is 5.41. The Kier molecular flexibility index (Phi) is 4.08. The van der Waals surface area contributed by atoms with Gasteiger partial charge in [0.25, 0.3) is 0 Å². The predicted octanol–water partition coefficient (Wildman–Crippen LogP) is 4.28. The van der Waals surface area contributed by atoms with Crippen molar-refractivity contribution in [3.8, 4) is 39.5 Å². The van der Waals surface area contributed by atoms with Gasteiger partial charge >= 0.3 is 0 Å². The molecule has 3 aromatic rings. The highest BCUT2D eigenvalue weighted by atomic mass is 19.1. The molecule has 0 unspecified atom stereocenters. The highest BCUT2D eigenvalue weighted by Gasteiger charge is 2.11. The number of rotatable bonds is 3. The molecule has 122 valence electrons. The second-order valence-corrected chi connectivity index (χ2v) is 5.41. The molecule has 24 heavy (non-hydrogen) atoms. The molecule has 5 heteroatoms. The first-order chi connectivity index (χ1) is 11.5. The van der Waals surface area contributed by atoms with E-state index in [0.717, 1.165) is 22.4 Å². The number of ether oxygens (including phenoxy) is 1. The van der Waals surface area contributed by atoms with E-state index < -0.39 is 11.6 Å². The van der Waals surface area contributed by atoms with Gasteiger partial charge in [0.1, 0.15) is 0 Å². The Balaban J connectivity index is 2.11. The topological polar surface area (TPSA) is 62.6 Å². The van der Waals surface area contributed by atoms with E-state index in [1.165, 1.54) is 19.2 Å². The Morgan fingerprint density at radius 3 is 2.38 bits per heavy atom. The third-order valence-corrected chi connectivity index (χ3v) is 3.86. The van der Waals surface area contributed by atoms with Gasteiger partial charge in [-0.05, 0) is 48.4 Å². The summed E-state index contributed by atoms with van der Waals surface area (Å²) in [6, 6.07) is 11.1. The highest BCUT2D eigenvalue weighted by Crippen LogP contribution is 2.34. The molecule has 0 aliphatic rings. The van der Waals surface area contributed by atoms with Crippen molar-refractivity contribution in [1.82, 2.24) is 4.98 Å². The number of aromatic hydroxyl groups is 2. The maximum absolute atomic E-state index is 13.2. The molecule has 0 spiro atoms. The molecule has 2 aromatic carbocycles. The molecule has 1 heterocycles. The Labute approximate surface area is 138 Å². The maximum atomic E-state index is 13.2. The Morgan fingerprint density at radius 1 is 0.917 bits per heavy atom. The van der Waals surface area contributed by atoms with Crippen LogP contribution in [0.15, 0.2) is 48.7 Å². The van der Waals surface area contributed by atoms with Gasteiger partial charge in [0, 0.05) is 23.0 Å². The Bertz CT molecular complexity index is 909. The maximum Gasteiger partial charge on any atom is 0.164 e. The number of pyridine rings is 1. The standard InChI is InChI=1S/C19H16FNO3/c1-11-15(13-4-6-17(22)19(9-13)24-2)7-14(10-21-11)12-3-5-16(20)18(23)8-12/h3-10,22-23H,1-2H3. The summed E-state index contributed by atoms with van der Waals surface area (Å²) in [7, 11) is 1.49. The summed E-state index contributed by atoms with van der Waals surface area (Å²) in [5, 5.41) is 19.3. The summed E-state index contributed by atoms with van der Waals surface area (Å²) >= 11 is 0. The van der Waals surface area contributed by atoms with Crippen molar-refractivity contribution in [1.29, 1.82) is 0 Å². The monoisotopic (exact) mass is 325 g/mol. The first kappa shape index (κ1) is 15.8. The van der Waals surface area contributed by atoms with Gasteiger partial charge in [0.2, 0.25) is 0 Å². The average molecular weight is 325 g/mol. The van der Waals surface area contributed by atoms with Crippen LogP contribution in [0.1, 0.15) is 5.69 Å². The van der Waals surface area contributed by atoms with E-state index in [1.807, 2.05) is 13.0 Å². The van der Waals surface area contributed by atoms with E-state index >= 15 is 0 Å². The van der Waals surface area contributed by atoms with Crippen LogP contribution in [-0.4, -0.2) is 22.3 Å². The summed E-state index contributed by atoms with van der Waals surface area (Å²) in [5.41, 5.74) is 3.90. The van der Waals surface area contributed by atoms with Crippen molar-refractivity contribution in [3.63, 3.8) is 0 Å². The lowest BCUT2D eigenvalue weighted by Gasteiger charge is -2.11. The van der Waals surface area contributed by atoms with Crippen molar-refractivity contribution >= 4 is 0 Å². The van der Waals surface area contributed by atoms with Crippen molar-refractivity contribution in [2.24, 2.45) is 0 Å². The largest absolute Gasteiger partial charge is 0.505 e. The molecular formula is C19H16FNO3. The van der Waals surface area contributed by atoms with Gasteiger partial charge in [-0.25, -0.2) is 4.39 Å². The molecule has 0 amide bonds. The van der Waals surface area contributed by atoms with E-state index in [2.05, 4.69) is 4.98 Å². The molecule has 0 fully saturated rings. The first-order valence-corrected chi connectivity index (χ1v) is 7.32. The fourth-order valence-electron chi connectivity index (χ4n) is 2.52. The second kappa shape index (κ2) is 6.20. The van der Waals surface area contributed by atoms with Crippen LogP contribution in [-0.2, 0) is 0 Å². The van der Waals surface area contributed by atoms with Gasteiger partial charge in [-0.15, -0.1) is 0 Å². The SMILES string of the molecule is COc1cc(-c2cc(-c3ccc(F)c(O)c3)cnc2C)ccc1O. The van der Waals surface area contributed by atoms with Crippen LogP contribution in [0.5, 0.6) is 17.2 Å². The minimum absolute atomic E-state index is 0.0615. The van der Waals surface area contributed by atoms with Crippen LogP contribution in [0.25, 0.3) is 22.3 Å². The lowest BCUT2D eigenvalue weighted by molar-refractivity contribution is 0.373. The molecule has 2 N–H and O–H groups in total. The number of aryl methyl sites for hydroxylation is 1. The number of benzene rings is 2. The van der Waals surface area contributed by atoms with Gasteiger partial charge in [-0.3, -0.25) is 4.98 Å². The summed E-state index contributed by atoms with van der Waals surface area (Å²) in [6.07, 6.45) is 1.67. The van der Waals surface area contributed by atoms with E-state index in [1.54, 1.807) is 30.5 Å². The zero-order valence-corrected chi connectivity index (χ0v) is 13.2. The molecule has 0 aliphatic carbocycles. The number of phenolic OH excluding ortho intramolecular Hbond substituents is 2. The van der Waals surface area contributed by atoms with Crippen LogP contribution in [0.4, 0.5) is 4.39 Å². The quantitative estimate of drug-likeness (QED) is 0.754. The molecular weight excluding hydrogens is 309 g/mol. The van der Waals surface area contributed by atoms with Crippen LogP contribution in [0, 0.1) is 12.7 Å². The number of phenols is 2. The third kappa shape index (κ3) is 2.88. The first-order valence-electron chi connectivity index (χ1n) is 7.32. The molecule has 0 saturated heterocycles. The Hall–Kier alpha value is -3.08. The number of methoxy groups -OCH3 is 1. The van der Waals surface area contributed by atoms with E-state index in [-0.39, 0.29) is 5.75 Å². The van der Waals surface area contributed by atoms with E-state index in [4.69, 9.17) is 4.74 Å². The molecule has 0 bridgehead atoms. The van der Waals surface area contributed by atoms with E-state index in [9.17, 15) is 14.6 Å². The van der Waals surface area contributed by atoms with Gasteiger partial charge in [0.15, 0.2) is 23.1 Å². The van der Waals surface area contributed by atoms with Crippen LogP contribution < -0.4 is 4.74 Å². The number of halogens is 1. The number of hydrogen-bond donors (Lipinski definition) is 2. The van der Waals surface area contributed by atoms with Gasteiger partial charge in [0.05, 0.1) is 7.11 Å². The summed E-state index contributed by atoms with van der Waals surface area (Å²) in [6.45, 7) is 1.88. The van der Waals surface area contributed by atoms with Gasteiger partial charge in [-0.2, -0.15) is 0 Å². The fraction of sp³-hybridized carbons (Fsp3) is 0.105. The highest BCUT2D eigenvalue weighted by molar-refractivity contribution is 5.75. The van der Waals surface area contributed by atoms with Crippen LogP contribution >= 0.6 is 0 Å². The molecule has 1 aromatic heterocycles. The average Bonchev–Trinajstić information content (AvgIpc) is 2.58. The Morgan fingerprint density at radius 2 is 1.67 bits per heavy atom. The minimum atomic E-state index is -0.665. The molecule has 4 nitrogen and oxygen atoms in total. The van der Waals surface area contributed by atoms with Crippen LogP contribution in [0.3, 0.4) is 0 Å². The normalized spacial score (nSPS) is 10.6. The van der Waals surface area contributed by atoms with Gasteiger partial charge < -0.3 is 14.9 Å².